The highest BCUT2D eigenvalue weighted by molar-refractivity contribution is 5.76. The van der Waals surface area contributed by atoms with Crippen LogP contribution in [-0.2, 0) is 11.3 Å². The third-order valence-electron chi connectivity index (χ3n) is 2.30. The zero-order valence-electron chi connectivity index (χ0n) is 9.58. The van der Waals surface area contributed by atoms with E-state index in [2.05, 4.69) is 9.72 Å². The summed E-state index contributed by atoms with van der Waals surface area (Å²) in [7, 11) is 0. The molecule has 0 aliphatic rings. The summed E-state index contributed by atoms with van der Waals surface area (Å²) in [5.74, 6) is -4.16. The number of fused-ring (bicyclic) bond motifs is 1. The molecule has 0 amide bonds. The first-order chi connectivity index (χ1) is 8.88. The lowest BCUT2D eigenvalue weighted by molar-refractivity contribution is -0.169. The van der Waals surface area contributed by atoms with Gasteiger partial charge in [-0.15, -0.1) is 0 Å². The van der Waals surface area contributed by atoms with Gasteiger partial charge >= 0.3 is 12.3 Å². The number of nitrogen functional groups attached to an aromatic ring is 1. The third-order valence-corrected chi connectivity index (χ3v) is 2.30. The maximum atomic E-state index is 12.6. The highest BCUT2D eigenvalue weighted by Gasteiger charge is 2.41. The standard InChI is InChI=1S/C11H10F4N2O2/c12-10(13)11(14,15)5-18-4-9-17-7-2-1-6(16)3-8(7)19-9/h1-3,10H,4-5,16H2. The molecule has 2 aromatic rings. The maximum Gasteiger partial charge on any atom is 0.330 e. The Morgan fingerprint density at radius 1 is 1.37 bits per heavy atom. The summed E-state index contributed by atoms with van der Waals surface area (Å²) < 4.78 is 58.5. The second kappa shape index (κ2) is 5.04. The zero-order valence-corrected chi connectivity index (χ0v) is 9.58. The number of benzene rings is 1. The van der Waals surface area contributed by atoms with E-state index in [0.29, 0.717) is 16.8 Å². The van der Waals surface area contributed by atoms with Crippen LogP contribution in [-0.4, -0.2) is 23.9 Å². The first-order valence-electron chi connectivity index (χ1n) is 5.27. The Bertz CT molecular complexity index is 571. The van der Waals surface area contributed by atoms with Crippen LogP contribution >= 0.6 is 0 Å². The molecular formula is C11H10F4N2O2. The van der Waals surface area contributed by atoms with Crippen LogP contribution in [0.1, 0.15) is 5.89 Å². The summed E-state index contributed by atoms with van der Waals surface area (Å²) in [5, 5.41) is 0. The van der Waals surface area contributed by atoms with Crippen molar-refractivity contribution in [2.24, 2.45) is 0 Å². The quantitative estimate of drug-likeness (QED) is 0.674. The zero-order chi connectivity index (χ0) is 14.0. The van der Waals surface area contributed by atoms with Gasteiger partial charge in [-0.05, 0) is 12.1 Å². The molecule has 2 N–H and O–H groups in total. The molecule has 1 heterocycles. The number of rotatable bonds is 5. The lowest BCUT2D eigenvalue weighted by Crippen LogP contribution is -2.32. The second-order valence-electron chi connectivity index (χ2n) is 3.89. The van der Waals surface area contributed by atoms with Crippen molar-refractivity contribution in [3.8, 4) is 0 Å². The van der Waals surface area contributed by atoms with Crippen LogP contribution in [0.15, 0.2) is 22.6 Å². The molecule has 8 heteroatoms. The molecule has 4 nitrogen and oxygen atoms in total. The second-order valence-corrected chi connectivity index (χ2v) is 3.89. The summed E-state index contributed by atoms with van der Waals surface area (Å²) >= 11 is 0. The topological polar surface area (TPSA) is 61.3 Å². The number of nitrogens with zero attached hydrogens (tertiary/aromatic N) is 1. The SMILES string of the molecule is Nc1ccc2nc(COCC(F)(F)C(F)F)oc2c1. The van der Waals surface area contributed by atoms with Crippen molar-refractivity contribution < 1.29 is 26.7 Å². The van der Waals surface area contributed by atoms with E-state index in [1.54, 1.807) is 12.1 Å². The van der Waals surface area contributed by atoms with Gasteiger partial charge in [0.05, 0.1) is 0 Å². The molecule has 0 atom stereocenters. The van der Waals surface area contributed by atoms with Gasteiger partial charge in [0.2, 0.25) is 5.89 Å². The van der Waals surface area contributed by atoms with Crippen molar-refractivity contribution >= 4 is 16.8 Å². The predicted molar refractivity (Wildman–Crippen MR) is 59.0 cm³/mol. The number of hydrogen-bond acceptors (Lipinski definition) is 4. The summed E-state index contributed by atoms with van der Waals surface area (Å²) in [6, 6.07) is 4.70. The van der Waals surface area contributed by atoms with Gasteiger partial charge in [0.15, 0.2) is 5.58 Å². The Balaban J connectivity index is 1.99. The largest absolute Gasteiger partial charge is 0.438 e. The number of aromatic nitrogens is 1. The van der Waals surface area contributed by atoms with Gasteiger partial charge in [0.1, 0.15) is 18.7 Å². The van der Waals surface area contributed by atoms with E-state index in [0.717, 1.165) is 0 Å². The van der Waals surface area contributed by atoms with Crippen LogP contribution in [0.4, 0.5) is 23.2 Å². The van der Waals surface area contributed by atoms with Gasteiger partial charge in [0.25, 0.3) is 0 Å². The molecule has 0 spiro atoms. The Labute approximate surface area is 105 Å². The van der Waals surface area contributed by atoms with Crippen LogP contribution in [0.2, 0.25) is 0 Å². The van der Waals surface area contributed by atoms with Crippen LogP contribution in [0.3, 0.4) is 0 Å². The van der Waals surface area contributed by atoms with E-state index in [1.165, 1.54) is 6.07 Å². The van der Waals surface area contributed by atoms with E-state index in [-0.39, 0.29) is 5.89 Å². The molecule has 0 fully saturated rings. The molecule has 0 bridgehead atoms. The minimum absolute atomic E-state index is 0.0191. The van der Waals surface area contributed by atoms with Gasteiger partial charge in [0, 0.05) is 11.8 Å². The molecule has 19 heavy (non-hydrogen) atoms. The number of nitrogens with two attached hydrogens (primary N) is 1. The Hall–Kier alpha value is -1.83. The highest BCUT2D eigenvalue weighted by Crippen LogP contribution is 2.24. The van der Waals surface area contributed by atoms with E-state index < -0.39 is 25.6 Å². The summed E-state index contributed by atoms with van der Waals surface area (Å²) in [4.78, 5) is 3.94. The monoisotopic (exact) mass is 278 g/mol. The molecule has 0 saturated heterocycles. The Kier molecular flexibility index (Phi) is 3.61. The predicted octanol–water partition coefficient (Wildman–Crippen LogP) is 2.83. The number of alkyl halides is 4. The van der Waals surface area contributed by atoms with Crippen LogP contribution in [0.25, 0.3) is 11.1 Å². The maximum absolute atomic E-state index is 12.6. The van der Waals surface area contributed by atoms with E-state index in [9.17, 15) is 17.6 Å². The van der Waals surface area contributed by atoms with Crippen LogP contribution < -0.4 is 5.73 Å². The summed E-state index contributed by atoms with van der Waals surface area (Å²) in [5.41, 5.74) is 6.84. The first-order valence-corrected chi connectivity index (χ1v) is 5.27. The number of halogens is 4. The van der Waals surface area contributed by atoms with Gasteiger partial charge in [-0.1, -0.05) is 0 Å². The summed E-state index contributed by atoms with van der Waals surface area (Å²) in [6.45, 7) is -1.82. The fraction of sp³-hybridized carbons (Fsp3) is 0.364. The van der Waals surface area contributed by atoms with Crippen molar-refractivity contribution in [2.45, 2.75) is 19.0 Å². The molecule has 0 unspecified atom stereocenters. The number of anilines is 1. The molecule has 0 radical (unpaired) electrons. The van der Waals surface area contributed by atoms with Crippen molar-refractivity contribution in [3.05, 3.63) is 24.1 Å². The van der Waals surface area contributed by atoms with Crippen molar-refractivity contribution in [3.63, 3.8) is 0 Å². The Morgan fingerprint density at radius 2 is 2.11 bits per heavy atom. The van der Waals surface area contributed by atoms with Gasteiger partial charge in [-0.3, -0.25) is 0 Å². The number of hydrogen-bond donors (Lipinski definition) is 1. The van der Waals surface area contributed by atoms with Crippen molar-refractivity contribution in [1.82, 2.24) is 4.98 Å². The van der Waals surface area contributed by atoms with Gasteiger partial charge in [-0.25, -0.2) is 13.8 Å². The van der Waals surface area contributed by atoms with Crippen molar-refractivity contribution in [2.75, 3.05) is 12.3 Å². The molecule has 1 aromatic heterocycles. The minimum atomic E-state index is -4.18. The Morgan fingerprint density at radius 3 is 2.79 bits per heavy atom. The van der Waals surface area contributed by atoms with Gasteiger partial charge < -0.3 is 14.9 Å². The third kappa shape index (κ3) is 3.14. The van der Waals surface area contributed by atoms with Crippen molar-refractivity contribution in [1.29, 1.82) is 0 Å². The molecule has 0 saturated carbocycles. The lowest BCUT2D eigenvalue weighted by Gasteiger charge is -2.14. The smallest absolute Gasteiger partial charge is 0.330 e. The molecule has 2 rings (SSSR count). The lowest BCUT2D eigenvalue weighted by atomic mass is 10.3. The normalized spacial score (nSPS) is 12.5. The molecular weight excluding hydrogens is 268 g/mol. The van der Waals surface area contributed by atoms with E-state index >= 15 is 0 Å². The molecule has 104 valence electrons. The van der Waals surface area contributed by atoms with Gasteiger partial charge in [-0.2, -0.15) is 8.78 Å². The minimum Gasteiger partial charge on any atom is -0.438 e. The average Bonchev–Trinajstić information content (AvgIpc) is 2.70. The van der Waals surface area contributed by atoms with E-state index in [4.69, 9.17) is 10.2 Å². The van der Waals surface area contributed by atoms with E-state index in [1.807, 2.05) is 0 Å². The first kappa shape index (κ1) is 13.6. The fourth-order valence-corrected chi connectivity index (χ4v) is 1.39. The molecule has 1 aromatic carbocycles. The highest BCUT2D eigenvalue weighted by atomic mass is 19.3. The fourth-order valence-electron chi connectivity index (χ4n) is 1.39. The van der Waals surface area contributed by atoms with Crippen LogP contribution in [0, 0.1) is 0 Å². The summed E-state index contributed by atoms with van der Waals surface area (Å²) in [6.07, 6.45) is -3.77. The number of ether oxygens (including phenoxy) is 1. The number of oxazole rings is 1. The molecule has 0 aliphatic heterocycles. The molecule has 0 aliphatic carbocycles. The average molecular weight is 278 g/mol. The van der Waals surface area contributed by atoms with Crippen LogP contribution in [0.5, 0.6) is 0 Å².